The van der Waals surface area contributed by atoms with E-state index in [1.54, 1.807) is 30.3 Å². The molecule has 4 atom stereocenters. The van der Waals surface area contributed by atoms with Crippen molar-refractivity contribution in [1.29, 1.82) is 0 Å². The third-order valence-electron chi connectivity index (χ3n) is 7.20. The summed E-state index contributed by atoms with van der Waals surface area (Å²) in [5.41, 5.74) is 2.54. The summed E-state index contributed by atoms with van der Waals surface area (Å²) in [6.45, 7) is 0.00980. The van der Waals surface area contributed by atoms with Gasteiger partial charge in [-0.05, 0) is 46.3 Å². The molecule has 0 aliphatic carbocycles. The van der Waals surface area contributed by atoms with Crippen molar-refractivity contribution in [1.82, 2.24) is 0 Å². The maximum atomic E-state index is 13.1. The highest BCUT2D eigenvalue weighted by Crippen LogP contribution is 2.48. The van der Waals surface area contributed by atoms with E-state index in [2.05, 4.69) is 0 Å². The molecule has 4 N–H and O–H groups in total. The van der Waals surface area contributed by atoms with Crippen LogP contribution in [0.1, 0.15) is 34.0 Å². The SMILES string of the molecule is CC(=O)O[C@H]1[C@H](O)COC(Oc2c3c(c(-c4ccc5c(c4)OCO5)c4cc(CO)c(CO)cc24)C(=O)OC3)[C@@H]1O. The number of hydrogen-bond acceptors (Lipinski definition) is 12. The van der Waals surface area contributed by atoms with Crippen molar-refractivity contribution in [2.24, 2.45) is 0 Å². The summed E-state index contributed by atoms with van der Waals surface area (Å²) in [7, 11) is 0. The maximum absolute atomic E-state index is 13.1. The zero-order valence-electron chi connectivity index (χ0n) is 21.3. The Morgan fingerprint density at radius 3 is 2.42 bits per heavy atom. The Morgan fingerprint density at radius 2 is 1.70 bits per heavy atom. The molecule has 0 radical (unpaired) electrons. The number of rotatable bonds is 6. The zero-order valence-corrected chi connectivity index (χ0v) is 21.3. The van der Waals surface area contributed by atoms with Crippen LogP contribution in [-0.2, 0) is 38.8 Å². The van der Waals surface area contributed by atoms with Crippen molar-refractivity contribution < 1.29 is 58.4 Å². The number of hydrogen-bond donors (Lipinski definition) is 4. The molecule has 0 spiro atoms. The molecule has 12 nitrogen and oxygen atoms in total. The Morgan fingerprint density at radius 1 is 0.975 bits per heavy atom. The molecule has 0 saturated carbocycles. The van der Waals surface area contributed by atoms with Crippen LogP contribution >= 0.6 is 0 Å². The number of cyclic esters (lactones) is 1. The molecule has 1 saturated heterocycles. The number of aliphatic hydroxyl groups excluding tert-OH is 4. The highest BCUT2D eigenvalue weighted by atomic mass is 16.7. The summed E-state index contributed by atoms with van der Waals surface area (Å²) >= 11 is 0. The first kappa shape index (κ1) is 26.3. The molecule has 1 unspecified atom stereocenters. The second-order valence-corrected chi connectivity index (χ2v) is 9.64. The minimum absolute atomic E-state index is 0.0632. The van der Waals surface area contributed by atoms with Gasteiger partial charge in [0, 0.05) is 23.4 Å². The normalized spacial score (nSPS) is 23.2. The predicted octanol–water partition coefficient (Wildman–Crippen LogP) is 1.28. The van der Waals surface area contributed by atoms with Crippen molar-refractivity contribution in [2.45, 2.75) is 51.3 Å². The molecule has 3 aliphatic rings. The Hall–Kier alpha value is -3.94. The first-order chi connectivity index (χ1) is 19.3. The summed E-state index contributed by atoms with van der Waals surface area (Å²) in [6.07, 6.45) is -5.55. The van der Waals surface area contributed by atoms with Crippen LogP contribution in [0.2, 0.25) is 0 Å². The van der Waals surface area contributed by atoms with Crippen molar-refractivity contribution in [3.8, 4) is 28.4 Å². The minimum Gasteiger partial charge on any atom is -0.461 e. The summed E-state index contributed by atoms with van der Waals surface area (Å²) in [5.74, 6) is -0.120. The van der Waals surface area contributed by atoms with Gasteiger partial charge >= 0.3 is 11.9 Å². The van der Waals surface area contributed by atoms with Crippen LogP contribution in [0.25, 0.3) is 21.9 Å². The largest absolute Gasteiger partial charge is 0.461 e. The van der Waals surface area contributed by atoms with E-state index in [4.69, 9.17) is 28.4 Å². The molecule has 6 rings (SSSR count). The number of carbonyl (C=O) groups excluding carboxylic acids is 2. The molecule has 0 aromatic heterocycles. The maximum Gasteiger partial charge on any atom is 0.339 e. The van der Waals surface area contributed by atoms with Gasteiger partial charge in [0.1, 0.15) is 18.5 Å². The zero-order chi connectivity index (χ0) is 28.1. The number of benzene rings is 3. The van der Waals surface area contributed by atoms with E-state index in [9.17, 15) is 30.0 Å². The van der Waals surface area contributed by atoms with Crippen LogP contribution < -0.4 is 14.2 Å². The highest BCUT2D eigenvalue weighted by molar-refractivity contribution is 6.13. The quantitative estimate of drug-likeness (QED) is 0.322. The minimum atomic E-state index is -1.57. The van der Waals surface area contributed by atoms with Crippen molar-refractivity contribution in [3.63, 3.8) is 0 Å². The Bertz CT molecular complexity index is 1520. The molecule has 1 fully saturated rings. The van der Waals surface area contributed by atoms with E-state index in [0.717, 1.165) is 6.92 Å². The molecule has 3 aliphatic heterocycles. The van der Waals surface area contributed by atoms with Crippen LogP contribution in [0.5, 0.6) is 17.2 Å². The van der Waals surface area contributed by atoms with E-state index in [1.807, 2.05) is 0 Å². The Kier molecular flexibility index (Phi) is 6.72. The average Bonchev–Trinajstić information content (AvgIpc) is 3.57. The second kappa shape index (κ2) is 10.2. The van der Waals surface area contributed by atoms with Crippen LogP contribution in [0.15, 0.2) is 30.3 Å². The summed E-state index contributed by atoms with van der Waals surface area (Å²) in [4.78, 5) is 24.7. The first-order valence-corrected chi connectivity index (χ1v) is 12.6. The molecule has 3 aromatic rings. The lowest BCUT2D eigenvalue weighted by Crippen LogP contribution is -2.56. The average molecular weight is 555 g/mol. The van der Waals surface area contributed by atoms with Gasteiger partial charge in [-0.1, -0.05) is 6.07 Å². The van der Waals surface area contributed by atoms with E-state index in [1.165, 1.54) is 0 Å². The molecule has 12 heteroatoms. The number of ether oxygens (including phenoxy) is 6. The molecule has 40 heavy (non-hydrogen) atoms. The summed E-state index contributed by atoms with van der Waals surface area (Å²) in [5, 5.41) is 42.2. The number of aliphatic hydroxyl groups is 4. The van der Waals surface area contributed by atoms with Crippen LogP contribution in [-0.4, -0.2) is 70.4 Å². The van der Waals surface area contributed by atoms with Crippen LogP contribution in [0, 0.1) is 0 Å². The van der Waals surface area contributed by atoms with Crippen molar-refractivity contribution in [3.05, 3.63) is 52.6 Å². The lowest BCUT2D eigenvalue weighted by molar-refractivity contribution is -0.248. The van der Waals surface area contributed by atoms with E-state index in [0.29, 0.717) is 50.1 Å². The van der Waals surface area contributed by atoms with E-state index < -0.39 is 36.5 Å². The topological polar surface area (TPSA) is 170 Å². The molecular weight excluding hydrogens is 528 g/mol. The van der Waals surface area contributed by atoms with Crippen molar-refractivity contribution in [2.75, 3.05) is 13.4 Å². The molecule has 3 heterocycles. The fraction of sp³-hybridized carbons (Fsp3) is 0.357. The predicted molar refractivity (Wildman–Crippen MR) is 134 cm³/mol. The highest BCUT2D eigenvalue weighted by Gasteiger charge is 2.44. The standard InChI is InChI=1S/C28H26O12/c1-12(31)39-26-19(32)10-36-28(24(26)33)40-25-17-5-15(8-30)14(7-29)4-16(17)22(23-18(25)9-35-27(23)34)13-2-3-20-21(6-13)38-11-37-20/h2-6,19,24,26,28-30,32-33H,7-11H2,1H3/t19-,24-,26+,28?/m1/s1. The smallest absolute Gasteiger partial charge is 0.339 e. The van der Waals surface area contributed by atoms with Gasteiger partial charge in [0.05, 0.1) is 25.4 Å². The lowest BCUT2D eigenvalue weighted by Gasteiger charge is -2.37. The number of carbonyl (C=O) groups is 2. The Labute approximate surface area is 227 Å². The third kappa shape index (κ3) is 4.30. The second-order valence-electron chi connectivity index (χ2n) is 9.64. The van der Waals surface area contributed by atoms with Gasteiger partial charge in [0.25, 0.3) is 0 Å². The Balaban J connectivity index is 1.56. The van der Waals surface area contributed by atoms with Gasteiger partial charge in [-0.3, -0.25) is 4.79 Å². The van der Waals surface area contributed by atoms with E-state index >= 15 is 0 Å². The van der Waals surface area contributed by atoms with Gasteiger partial charge in [-0.15, -0.1) is 0 Å². The summed E-state index contributed by atoms with van der Waals surface area (Å²) in [6, 6.07) is 8.52. The van der Waals surface area contributed by atoms with Crippen LogP contribution in [0.3, 0.4) is 0 Å². The molecule has 3 aromatic carbocycles. The van der Waals surface area contributed by atoms with Crippen LogP contribution in [0.4, 0.5) is 0 Å². The molecular formula is C28H26O12. The fourth-order valence-electron chi connectivity index (χ4n) is 5.33. The van der Waals surface area contributed by atoms with E-state index in [-0.39, 0.29) is 44.5 Å². The molecule has 0 bridgehead atoms. The fourth-order valence-corrected chi connectivity index (χ4v) is 5.33. The van der Waals surface area contributed by atoms with Gasteiger partial charge < -0.3 is 48.8 Å². The molecule has 0 amide bonds. The summed E-state index contributed by atoms with van der Waals surface area (Å²) < 4.78 is 33.2. The monoisotopic (exact) mass is 554 g/mol. The van der Waals surface area contributed by atoms with Gasteiger partial charge in [-0.2, -0.15) is 0 Å². The van der Waals surface area contributed by atoms with Gasteiger partial charge in [0.2, 0.25) is 13.1 Å². The first-order valence-electron chi connectivity index (χ1n) is 12.6. The third-order valence-corrected chi connectivity index (χ3v) is 7.20. The van der Waals surface area contributed by atoms with Gasteiger partial charge in [-0.25, -0.2) is 4.79 Å². The lowest BCUT2D eigenvalue weighted by atomic mass is 9.87. The molecule has 210 valence electrons. The number of esters is 2. The number of fused-ring (bicyclic) bond motifs is 3. The van der Waals surface area contributed by atoms with Gasteiger partial charge in [0.15, 0.2) is 23.7 Å². The van der Waals surface area contributed by atoms with Crippen molar-refractivity contribution >= 4 is 22.7 Å².